The van der Waals surface area contributed by atoms with Crippen molar-refractivity contribution in [2.24, 2.45) is 0 Å². The van der Waals surface area contributed by atoms with E-state index in [1.165, 1.54) is 25.7 Å². The predicted octanol–water partition coefficient (Wildman–Crippen LogP) is 0.356. The molecule has 110 valence electrons. The molecule has 1 heterocycles. The average molecular weight is 269 g/mol. The van der Waals surface area contributed by atoms with Gasteiger partial charge in [-0.1, -0.05) is 12.8 Å². The number of morpholine rings is 1. The fourth-order valence-electron chi connectivity index (χ4n) is 3.13. The average Bonchev–Trinajstić information content (AvgIpc) is 2.88. The number of amides is 1. The van der Waals surface area contributed by atoms with Crippen LogP contribution in [0.3, 0.4) is 0 Å². The molecule has 5 nitrogen and oxygen atoms in total. The monoisotopic (exact) mass is 269 g/mol. The van der Waals surface area contributed by atoms with Crippen LogP contribution in [0.1, 0.15) is 32.1 Å². The van der Waals surface area contributed by atoms with E-state index in [9.17, 15) is 4.79 Å². The van der Waals surface area contributed by atoms with E-state index in [1.54, 1.807) is 0 Å². The quantitative estimate of drug-likeness (QED) is 0.756. The molecule has 1 atom stereocenters. The molecule has 1 saturated heterocycles. The molecule has 1 saturated carbocycles. The molecule has 2 rings (SSSR count). The Labute approximate surface area is 116 Å². The van der Waals surface area contributed by atoms with Crippen molar-refractivity contribution in [2.45, 2.75) is 43.7 Å². The zero-order chi connectivity index (χ0) is 13.7. The first-order valence-electron chi connectivity index (χ1n) is 7.38. The molecule has 0 spiro atoms. The summed E-state index contributed by atoms with van der Waals surface area (Å²) in [6.45, 7) is 3.01. The van der Waals surface area contributed by atoms with Crippen molar-refractivity contribution in [3.63, 3.8) is 0 Å². The lowest BCUT2D eigenvalue weighted by molar-refractivity contribution is -0.122. The summed E-state index contributed by atoms with van der Waals surface area (Å²) in [6.07, 6.45) is 5.43. The normalized spacial score (nSPS) is 26.6. The van der Waals surface area contributed by atoms with Gasteiger partial charge in [0.2, 0.25) is 5.91 Å². The summed E-state index contributed by atoms with van der Waals surface area (Å²) in [5.41, 5.74) is 0.173. The Morgan fingerprint density at radius 1 is 1.42 bits per heavy atom. The smallest absolute Gasteiger partial charge is 0.221 e. The van der Waals surface area contributed by atoms with Crippen molar-refractivity contribution < 1.29 is 9.53 Å². The van der Waals surface area contributed by atoms with Crippen LogP contribution in [0, 0.1) is 0 Å². The van der Waals surface area contributed by atoms with E-state index in [4.69, 9.17) is 4.74 Å². The molecule has 2 N–H and O–H groups in total. The fraction of sp³-hybridized carbons (Fsp3) is 0.929. The van der Waals surface area contributed by atoms with Crippen molar-refractivity contribution >= 4 is 5.91 Å². The van der Waals surface area contributed by atoms with Crippen LogP contribution in [0.5, 0.6) is 0 Å². The zero-order valence-electron chi connectivity index (χ0n) is 12.2. The second-order valence-corrected chi connectivity index (χ2v) is 6.03. The SMILES string of the molecule is CN(C)C1(CNC(=O)CC2COCCN2)CCCC1. The number of nitrogens with one attached hydrogen (secondary N) is 2. The highest BCUT2D eigenvalue weighted by Gasteiger charge is 2.36. The highest BCUT2D eigenvalue weighted by Crippen LogP contribution is 2.33. The number of rotatable bonds is 5. The summed E-state index contributed by atoms with van der Waals surface area (Å²) in [6, 6.07) is 0.174. The van der Waals surface area contributed by atoms with Crippen molar-refractivity contribution in [3.05, 3.63) is 0 Å². The molecular weight excluding hydrogens is 242 g/mol. The molecule has 0 radical (unpaired) electrons. The number of nitrogens with zero attached hydrogens (tertiary/aromatic N) is 1. The summed E-state index contributed by atoms with van der Waals surface area (Å²) in [4.78, 5) is 14.3. The van der Waals surface area contributed by atoms with Crippen LogP contribution in [0.15, 0.2) is 0 Å². The minimum atomic E-state index is 0.135. The first kappa shape index (κ1) is 14.8. The number of hydrogen-bond acceptors (Lipinski definition) is 4. The van der Waals surface area contributed by atoms with E-state index < -0.39 is 0 Å². The van der Waals surface area contributed by atoms with Gasteiger partial charge < -0.3 is 20.3 Å². The van der Waals surface area contributed by atoms with Gasteiger partial charge in [-0.15, -0.1) is 0 Å². The van der Waals surface area contributed by atoms with Gasteiger partial charge in [-0.2, -0.15) is 0 Å². The summed E-state index contributed by atoms with van der Waals surface area (Å²) in [5.74, 6) is 0.135. The third-order valence-electron chi connectivity index (χ3n) is 4.53. The zero-order valence-corrected chi connectivity index (χ0v) is 12.2. The Kier molecular flexibility index (Phi) is 5.19. The van der Waals surface area contributed by atoms with Crippen LogP contribution >= 0.6 is 0 Å². The van der Waals surface area contributed by atoms with Gasteiger partial charge in [-0.25, -0.2) is 0 Å². The highest BCUT2D eigenvalue weighted by atomic mass is 16.5. The van der Waals surface area contributed by atoms with Crippen molar-refractivity contribution in [2.75, 3.05) is 40.4 Å². The van der Waals surface area contributed by atoms with Crippen molar-refractivity contribution in [3.8, 4) is 0 Å². The van der Waals surface area contributed by atoms with Crippen LogP contribution in [-0.2, 0) is 9.53 Å². The maximum atomic E-state index is 12.0. The molecule has 0 aromatic rings. The van der Waals surface area contributed by atoms with Gasteiger partial charge in [0.1, 0.15) is 0 Å². The molecule has 2 fully saturated rings. The predicted molar refractivity (Wildman–Crippen MR) is 75.1 cm³/mol. The topological polar surface area (TPSA) is 53.6 Å². The minimum Gasteiger partial charge on any atom is -0.378 e. The van der Waals surface area contributed by atoms with Gasteiger partial charge in [0, 0.05) is 31.1 Å². The molecule has 1 aliphatic carbocycles. The van der Waals surface area contributed by atoms with Gasteiger partial charge >= 0.3 is 0 Å². The summed E-state index contributed by atoms with van der Waals surface area (Å²) >= 11 is 0. The second kappa shape index (κ2) is 6.68. The Hall–Kier alpha value is -0.650. The van der Waals surface area contributed by atoms with Gasteiger partial charge in [0.05, 0.1) is 13.2 Å². The first-order valence-corrected chi connectivity index (χ1v) is 7.38. The number of carbonyl (C=O) groups excluding carboxylic acids is 1. The standard InChI is InChI=1S/C14H27N3O2/c1-17(2)14(5-3-4-6-14)11-16-13(18)9-12-10-19-8-7-15-12/h12,15H,3-11H2,1-2H3,(H,16,18). The third kappa shape index (κ3) is 3.91. The van der Waals surface area contributed by atoms with E-state index >= 15 is 0 Å². The van der Waals surface area contributed by atoms with Crippen LogP contribution in [0.2, 0.25) is 0 Å². The summed E-state index contributed by atoms with van der Waals surface area (Å²) in [7, 11) is 4.24. The summed E-state index contributed by atoms with van der Waals surface area (Å²) in [5, 5.41) is 6.43. The maximum absolute atomic E-state index is 12.0. The van der Waals surface area contributed by atoms with Gasteiger partial charge in [-0.05, 0) is 26.9 Å². The molecule has 1 unspecified atom stereocenters. The molecule has 1 amide bonds. The van der Waals surface area contributed by atoms with Crippen molar-refractivity contribution in [1.82, 2.24) is 15.5 Å². The van der Waals surface area contributed by atoms with Gasteiger partial charge in [0.25, 0.3) is 0 Å². The van der Waals surface area contributed by atoms with E-state index in [0.29, 0.717) is 13.0 Å². The lowest BCUT2D eigenvalue weighted by Crippen LogP contribution is -2.52. The lowest BCUT2D eigenvalue weighted by Gasteiger charge is -2.36. The Morgan fingerprint density at radius 2 is 2.16 bits per heavy atom. The molecule has 5 heteroatoms. The number of ether oxygens (including phenoxy) is 1. The van der Waals surface area contributed by atoms with E-state index in [2.05, 4.69) is 29.6 Å². The number of likely N-dealkylation sites (N-methyl/N-ethyl adjacent to an activating group) is 1. The van der Waals surface area contributed by atoms with E-state index in [1.807, 2.05) is 0 Å². The van der Waals surface area contributed by atoms with Crippen molar-refractivity contribution in [1.29, 1.82) is 0 Å². The Balaban J connectivity index is 1.75. The fourth-order valence-corrected chi connectivity index (χ4v) is 3.13. The van der Waals surface area contributed by atoms with Gasteiger partial charge in [0.15, 0.2) is 0 Å². The third-order valence-corrected chi connectivity index (χ3v) is 4.53. The molecule has 1 aliphatic heterocycles. The van der Waals surface area contributed by atoms with E-state index in [0.717, 1.165) is 19.7 Å². The minimum absolute atomic E-state index is 0.135. The molecule has 19 heavy (non-hydrogen) atoms. The Morgan fingerprint density at radius 3 is 2.74 bits per heavy atom. The largest absolute Gasteiger partial charge is 0.378 e. The first-order chi connectivity index (χ1) is 9.12. The number of hydrogen-bond donors (Lipinski definition) is 2. The van der Waals surface area contributed by atoms with Crippen LogP contribution in [-0.4, -0.2) is 62.8 Å². The van der Waals surface area contributed by atoms with Crippen LogP contribution < -0.4 is 10.6 Å². The summed E-state index contributed by atoms with van der Waals surface area (Å²) < 4.78 is 5.37. The van der Waals surface area contributed by atoms with Crippen LogP contribution in [0.25, 0.3) is 0 Å². The van der Waals surface area contributed by atoms with E-state index in [-0.39, 0.29) is 17.5 Å². The lowest BCUT2D eigenvalue weighted by atomic mass is 9.96. The number of carbonyl (C=O) groups is 1. The molecule has 0 aromatic carbocycles. The maximum Gasteiger partial charge on any atom is 0.221 e. The van der Waals surface area contributed by atoms with Crippen LogP contribution in [0.4, 0.5) is 0 Å². The highest BCUT2D eigenvalue weighted by molar-refractivity contribution is 5.76. The molecule has 0 aromatic heterocycles. The molecule has 0 bridgehead atoms. The van der Waals surface area contributed by atoms with Gasteiger partial charge in [-0.3, -0.25) is 4.79 Å². The Bertz CT molecular complexity index is 295. The molecule has 2 aliphatic rings. The second-order valence-electron chi connectivity index (χ2n) is 6.03. The molecular formula is C14H27N3O2.